The molecule has 0 spiro atoms. The average molecular weight is 372 g/mol. The molecule has 7 nitrogen and oxygen atoms in total. The fourth-order valence-corrected chi connectivity index (χ4v) is 3.33. The van der Waals surface area contributed by atoms with Crippen molar-refractivity contribution in [3.8, 4) is 0 Å². The summed E-state index contributed by atoms with van der Waals surface area (Å²) in [5.74, 6) is -1.57. The van der Waals surface area contributed by atoms with Gasteiger partial charge in [0.25, 0.3) is 0 Å². The summed E-state index contributed by atoms with van der Waals surface area (Å²) in [4.78, 5) is 26.8. The second kappa shape index (κ2) is 8.59. The Balaban J connectivity index is 1.49. The molecule has 1 fully saturated rings. The smallest absolute Gasteiger partial charge is 0.329 e. The summed E-state index contributed by atoms with van der Waals surface area (Å²) < 4.78 is 5.34. The van der Waals surface area contributed by atoms with Crippen molar-refractivity contribution in [1.29, 1.82) is 0 Å². The predicted octanol–water partition coefficient (Wildman–Crippen LogP) is 1.98. The molecular weight excluding hydrogens is 352 g/mol. The van der Waals surface area contributed by atoms with E-state index >= 15 is 0 Å². The van der Waals surface area contributed by atoms with Crippen LogP contribution in [0.5, 0.6) is 0 Å². The molecule has 0 saturated carbocycles. The third-order valence-corrected chi connectivity index (χ3v) is 4.89. The van der Waals surface area contributed by atoms with E-state index in [1.165, 1.54) is 6.21 Å². The van der Waals surface area contributed by atoms with Gasteiger partial charge >= 0.3 is 11.8 Å². The quantitative estimate of drug-likeness (QED) is 0.488. The van der Waals surface area contributed by atoms with E-state index < -0.39 is 11.8 Å². The maximum absolute atomic E-state index is 11.8. The van der Waals surface area contributed by atoms with Crippen LogP contribution < -0.4 is 15.6 Å². The minimum atomic E-state index is -0.813. The Bertz CT molecular complexity index is 795. The van der Waals surface area contributed by atoms with Gasteiger partial charge in [0.15, 0.2) is 0 Å². The summed E-state index contributed by atoms with van der Waals surface area (Å²) in [7, 11) is 0. The van der Waals surface area contributed by atoms with Crippen LogP contribution >= 0.6 is 11.3 Å². The van der Waals surface area contributed by atoms with E-state index in [0.29, 0.717) is 5.69 Å². The number of thiophene rings is 1. The number of amides is 2. The van der Waals surface area contributed by atoms with Crippen LogP contribution in [0.1, 0.15) is 10.4 Å². The molecule has 1 aromatic heterocycles. The third-order valence-electron chi connectivity index (χ3n) is 3.81. The van der Waals surface area contributed by atoms with Crippen molar-refractivity contribution < 1.29 is 14.3 Å². The molecule has 2 amide bonds. The fourth-order valence-electron chi connectivity index (χ4n) is 2.40. The zero-order valence-electron chi connectivity index (χ0n) is 14.4. The predicted molar refractivity (Wildman–Crippen MR) is 103 cm³/mol. The van der Waals surface area contributed by atoms with Crippen LogP contribution in [0.3, 0.4) is 0 Å². The van der Waals surface area contributed by atoms with Gasteiger partial charge in [-0.3, -0.25) is 9.59 Å². The van der Waals surface area contributed by atoms with E-state index in [9.17, 15) is 9.59 Å². The number of rotatable bonds is 4. The molecule has 0 unspecified atom stereocenters. The number of carbonyl (C=O) groups is 2. The Labute approximate surface area is 155 Å². The van der Waals surface area contributed by atoms with Crippen molar-refractivity contribution in [1.82, 2.24) is 5.43 Å². The lowest BCUT2D eigenvalue weighted by molar-refractivity contribution is -0.136. The summed E-state index contributed by atoms with van der Waals surface area (Å²) >= 11 is 1.57. The number of aryl methyl sites for hydroxylation is 1. The van der Waals surface area contributed by atoms with Crippen LogP contribution in [0.4, 0.5) is 10.7 Å². The number of carbonyl (C=O) groups excluding carboxylic acids is 2. The fraction of sp³-hybridized carbons (Fsp3) is 0.278. The maximum atomic E-state index is 11.8. The molecule has 1 aliphatic rings. The molecule has 136 valence electrons. The topological polar surface area (TPSA) is 83.0 Å². The van der Waals surface area contributed by atoms with Gasteiger partial charge in [0, 0.05) is 23.7 Å². The Morgan fingerprint density at radius 2 is 1.85 bits per heavy atom. The molecule has 0 aliphatic carbocycles. The van der Waals surface area contributed by atoms with Gasteiger partial charge < -0.3 is 15.0 Å². The maximum Gasteiger partial charge on any atom is 0.329 e. The van der Waals surface area contributed by atoms with Crippen molar-refractivity contribution in [2.75, 3.05) is 36.5 Å². The molecule has 1 saturated heterocycles. The van der Waals surface area contributed by atoms with Crippen molar-refractivity contribution in [2.24, 2.45) is 5.10 Å². The molecule has 0 atom stereocenters. The first-order valence-electron chi connectivity index (χ1n) is 8.25. The van der Waals surface area contributed by atoms with E-state index in [0.717, 1.165) is 41.7 Å². The van der Waals surface area contributed by atoms with Gasteiger partial charge in [-0.1, -0.05) is 17.7 Å². The Morgan fingerprint density at radius 3 is 2.58 bits per heavy atom. The summed E-state index contributed by atoms with van der Waals surface area (Å²) in [5, 5.41) is 7.52. The van der Waals surface area contributed by atoms with Gasteiger partial charge in [0.1, 0.15) is 0 Å². The Hall–Kier alpha value is -2.71. The van der Waals surface area contributed by atoms with Crippen molar-refractivity contribution in [2.45, 2.75) is 6.92 Å². The third kappa shape index (κ3) is 4.90. The van der Waals surface area contributed by atoms with Crippen molar-refractivity contribution in [3.63, 3.8) is 0 Å². The van der Waals surface area contributed by atoms with E-state index in [4.69, 9.17) is 4.74 Å². The highest BCUT2D eigenvalue weighted by Gasteiger charge is 2.14. The number of anilines is 2. The second-order valence-electron chi connectivity index (χ2n) is 5.79. The minimum Gasteiger partial charge on any atom is -0.378 e. The Kier molecular flexibility index (Phi) is 5.98. The minimum absolute atomic E-state index is 0.563. The number of hydrogen-bond donors (Lipinski definition) is 2. The molecule has 8 heteroatoms. The lowest BCUT2D eigenvalue weighted by Crippen LogP contribution is -2.35. The normalized spacial score (nSPS) is 14.4. The molecule has 0 radical (unpaired) electrons. The van der Waals surface area contributed by atoms with Gasteiger partial charge in [-0.2, -0.15) is 5.10 Å². The van der Waals surface area contributed by atoms with Crippen LogP contribution in [0.2, 0.25) is 0 Å². The summed E-state index contributed by atoms with van der Waals surface area (Å²) in [6.07, 6.45) is 1.53. The number of morpholine rings is 1. The second-order valence-corrected chi connectivity index (χ2v) is 6.89. The van der Waals surface area contributed by atoms with Crippen LogP contribution in [0.25, 0.3) is 0 Å². The number of hydrogen-bond acceptors (Lipinski definition) is 6. The van der Waals surface area contributed by atoms with E-state index in [-0.39, 0.29) is 0 Å². The Morgan fingerprint density at radius 1 is 1.12 bits per heavy atom. The van der Waals surface area contributed by atoms with E-state index in [1.807, 2.05) is 31.2 Å². The molecule has 1 aliphatic heterocycles. The van der Waals surface area contributed by atoms with Gasteiger partial charge in [0.05, 0.1) is 24.4 Å². The number of nitrogens with zero attached hydrogens (tertiary/aromatic N) is 2. The summed E-state index contributed by atoms with van der Waals surface area (Å²) in [6.45, 7) is 5.14. The largest absolute Gasteiger partial charge is 0.378 e. The van der Waals surface area contributed by atoms with Gasteiger partial charge in [0.2, 0.25) is 0 Å². The van der Waals surface area contributed by atoms with Crippen LogP contribution in [-0.2, 0) is 14.3 Å². The lowest BCUT2D eigenvalue weighted by atomic mass is 10.2. The average Bonchev–Trinajstić information content (AvgIpc) is 3.13. The molecule has 1 aromatic carbocycles. The monoisotopic (exact) mass is 372 g/mol. The van der Waals surface area contributed by atoms with E-state index in [1.54, 1.807) is 23.5 Å². The number of benzene rings is 1. The molecule has 0 bridgehead atoms. The highest BCUT2D eigenvalue weighted by atomic mass is 32.1. The molecule has 2 heterocycles. The molecule has 26 heavy (non-hydrogen) atoms. The van der Waals surface area contributed by atoms with Gasteiger partial charge in [-0.15, -0.1) is 11.3 Å². The molecule has 3 rings (SSSR count). The van der Waals surface area contributed by atoms with E-state index in [2.05, 4.69) is 20.7 Å². The molecule has 2 aromatic rings. The van der Waals surface area contributed by atoms with Gasteiger partial charge in [-0.25, -0.2) is 5.43 Å². The van der Waals surface area contributed by atoms with Crippen molar-refractivity contribution >= 4 is 40.1 Å². The van der Waals surface area contributed by atoms with Gasteiger partial charge in [-0.05, 0) is 31.2 Å². The van der Waals surface area contributed by atoms with Crippen LogP contribution in [0.15, 0.2) is 41.5 Å². The van der Waals surface area contributed by atoms with Crippen molar-refractivity contribution in [3.05, 3.63) is 46.8 Å². The number of nitrogens with one attached hydrogen (secondary N) is 2. The highest BCUT2D eigenvalue weighted by Crippen LogP contribution is 2.25. The molecular formula is C18H20N4O3S. The number of hydrazone groups is 1. The van der Waals surface area contributed by atoms with Crippen LogP contribution in [0, 0.1) is 6.92 Å². The summed E-state index contributed by atoms with van der Waals surface area (Å²) in [5.41, 5.74) is 3.88. The summed E-state index contributed by atoms with van der Waals surface area (Å²) in [6, 6.07) is 11.1. The molecule has 2 N–H and O–H groups in total. The standard InChI is InChI=1S/C18H20N4O3S/c1-13-2-4-14(5-3-13)20-17(23)18(24)21-19-12-15-6-7-16(26-15)22-8-10-25-11-9-22/h2-7,12H,8-11H2,1H3,(H,20,23)(H,21,24)/b19-12-. The SMILES string of the molecule is Cc1ccc(NC(=O)C(=O)N/N=C\c2ccc(N3CCOCC3)s2)cc1. The lowest BCUT2D eigenvalue weighted by Gasteiger charge is -2.27. The first kappa shape index (κ1) is 18.1. The first-order chi connectivity index (χ1) is 12.6. The number of ether oxygens (including phenoxy) is 1. The first-order valence-corrected chi connectivity index (χ1v) is 9.07. The van der Waals surface area contributed by atoms with Crippen LogP contribution in [-0.4, -0.2) is 44.3 Å². The zero-order chi connectivity index (χ0) is 18.4. The highest BCUT2D eigenvalue weighted by molar-refractivity contribution is 7.17. The zero-order valence-corrected chi connectivity index (χ0v) is 15.2.